The van der Waals surface area contributed by atoms with Crippen molar-refractivity contribution < 1.29 is 13.9 Å². The molecule has 0 aliphatic carbocycles. The summed E-state index contributed by atoms with van der Waals surface area (Å²) >= 11 is 6.76. The molecule has 0 aliphatic rings. The van der Waals surface area contributed by atoms with E-state index >= 15 is 0 Å². The molecule has 1 aromatic heterocycles. The number of benzene rings is 1. The third kappa shape index (κ3) is 4.51. The predicted octanol–water partition coefficient (Wildman–Crippen LogP) is 3.71. The van der Waals surface area contributed by atoms with E-state index in [1.165, 1.54) is 6.07 Å². The van der Waals surface area contributed by atoms with E-state index in [1.54, 1.807) is 36.5 Å². The van der Waals surface area contributed by atoms with Gasteiger partial charge in [-0.05, 0) is 18.2 Å². The summed E-state index contributed by atoms with van der Waals surface area (Å²) in [4.78, 5) is 15.9. The molecule has 0 saturated heterocycles. The minimum absolute atomic E-state index is 0.0575. The highest BCUT2D eigenvalue weighted by atomic mass is 35.5. The molecular weight excluding hydrogens is 301 g/mol. The Hall–Kier alpha value is -1.59. The molecule has 20 heavy (non-hydrogen) atoms. The van der Waals surface area contributed by atoms with E-state index < -0.39 is 5.97 Å². The monoisotopic (exact) mass is 311 g/mol. The molecule has 0 aliphatic heterocycles. The number of rotatable bonds is 5. The van der Waals surface area contributed by atoms with E-state index in [0.717, 1.165) is 17.3 Å². The first-order valence-electron chi connectivity index (χ1n) is 5.78. The van der Waals surface area contributed by atoms with Gasteiger partial charge in [-0.1, -0.05) is 29.8 Å². The smallest absolute Gasteiger partial charge is 0.316 e. The van der Waals surface area contributed by atoms with Crippen LogP contribution in [0.2, 0.25) is 5.15 Å². The van der Waals surface area contributed by atoms with E-state index in [2.05, 4.69) is 4.98 Å². The normalized spacial score (nSPS) is 10.3. The average Bonchev–Trinajstić information content (AvgIpc) is 2.46. The molecule has 0 spiro atoms. The van der Waals surface area contributed by atoms with Crippen molar-refractivity contribution in [1.82, 2.24) is 4.98 Å². The third-order valence-corrected chi connectivity index (χ3v) is 3.62. The van der Waals surface area contributed by atoms with Gasteiger partial charge in [0.25, 0.3) is 0 Å². The molecule has 104 valence electrons. The van der Waals surface area contributed by atoms with Crippen LogP contribution in [0, 0.1) is 5.82 Å². The Morgan fingerprint density at radius 3 is 2.80 bits per heavy atom. The van der Waals surface area contributed by atoms with Crippen LogP contribution in [0.1, 0.15) is 5.56 Å². The maximum absolute atomic E-state index is 13.3. The third-order valence-electron chi connectivity index (χ3n) is 2.37. The van der Waals surface area contributed by atoms with Crippen molar-refractivity contribution in [1.29, 1.82) is 0 Å². The fourth-order valence-electron chi connectivity index (χ4n) is 1.40. The van der Waals surface area contributed by atoms with Crippen LogP contribution >= 0.6 is 23.4 Å². The zero-order valence-electron chi connectivity index (χ0n) is 10.4. The molecule has 0 N–H and O–H groups in total. The maximum atomic E-state index is 13.3. The maximum Gasteiger partial charge on any atom is 0.316 e. The van der Waals surface area contributed by atoms with Crippen molar-refractivity contribution in [2.24, 2.45) is 0 Å². The number of halogens is 2. The summed E-state index contributed by atoms with van der Waals surface area (Å²) in [6.07, 6.45) is 1.54. The summed E-state index contributed by atoms with van der Waals surface area (Å²) in [5, 5.41) is 0.384. The van der Waals surface area contributed by atoms with Gasteiger partial charge in [0.1, 0.15) is 17.6 Å². The standard InChI is InChI=1S/C14H11ClFNO2S/c15-13-6-5-10(7-17-13)8-19-14(18)9-20-12-4-2-1-3-11(12)16/h1-7H,8-9H2. The first kappa shape index (κ1) is 14.8. The number of ether oxygens (including phenoxy) is 1. The highest BCUT2D eigenvalue weighted by Crippen LogP contribution is 2.21. The van der Waals surface area contributed by atoms with Gasteiger partial charge in [0.15, 0.2) is 0 Å². The summed E-state index contributed by atoms with van der Waals surface area (Å²) in [7, 11) is 0. The fourth-order valence-corrected chi connectivity index (χ4v) is 2.24. The van der Waals surface area contributed by atoms with Gasteiger partial charge in [-0.25, -0.2) is 9.37 Å². The van der Waals surface area contributed by atoms with E-state index in [9.17, 15) is 9.18 Å². The van der Waals surface area contributed by atoms with Gasteiger partial charge in [0, 0.05) is 16.7 Å². The Morgan fingerprint density at radius 2 is 2.10 bits per heavy atom. The van der Waals surface area contributed by atoms with Gasteiger partial charge in [-0.3, -0.25) is 4.79 Å². The molecule has 0 amide bonds. The summed E-state index contributed by atoms with van der Waals surface area (Å²) in [5.41, 5.74) is 0.749. The molecule has 2 rings (SSSR count). The number of hydrogen-bond donors (Lipinski definition) is 0. The molecular formula is C14H11ClFNO2S. The number of hydrogen-bond acceptors (Lipinski definition) is 4. The van der Waals surface area contributed by atoms with Crippen molar-refractivity contribution in [2.75, 3.05) is 5.75 Å². The Kier molecular flexibility index (Phi) is 5.38. The molecule has 6 heteroatoms. The second kappa shape index (κ2) is 7.26. The van der Waals surface area contributed by atoms with Gasteiger partial charge in [-0.15, -0.1) is 11.8 Å². The summed E-state index contributed by atoms with van der Waals surface area (Å²) < 4.78 is 18.4. The minimum Gasteiger partial charge on any atom is -0.460 e. The number of esters is 1. The van der Waals surface area contributed by atoms with Gasteiger partial charge in [-0.2, -0.15) is 0 Å². The van der Waals surface area contributed by atoms with E-state index in [4.69, 9.17) is 16.3 Å². The lowest BCUT2D eigenvalue weighted by Gasteiger charge is -2.05. The lowest BCUT2D eigenvalue weighted by atomic mass is 10.3. The highest BCUT2D eigenvalue weighted by Gasteiger charge is 2.07. The van der Waals surface area contributed by atoms with E-state index in [0.29, 0.717) is 10.0 Å². The fraction of sp³-hybridized carbons (Fsp3) is 0.143. The number of aromatic nitrogens is 1. The van der Waals surface area contributed by atoms with Gasteiger partial charge in [0.2, 0.25) is 0 Å². The number of carbonyl (C=O) groups excluding carboxylic acids is 1. The molecule has 0 radical (unpaired) electrons. The first-order valence-corrected chi connectivity index (χ1v) is 7.15. The SMILES string of the molecule is O=C(CSc1ccccc1F)OCc1ccc(Cl)nc1. The van der Waals surface area contributed by atoms with Crippen molar-refractivity contribution in [2.45, 2.75) is 11.5 Å². The molecule has 1 aromatic carbocycles. The molecule has 0 atom stereocenters. The first-order chi connectivity index (χ1) is 9.65. The second-order valence-electron chi connectivity index (χ2n) is 3.87. The lowest BCUT2D eigenvalue weighted by Crippen LogP contribution is -2.07. The zero-order valence-corrected chi connectivity index (χ0v) is 12.0. The Labute approximate surface area is 125 Å². The van der Waals surface area contributed by atoms with Crippen LogP contribution in [0.3, 0.4) is 0 Å². The Morgan fingerprint density at radius 1 is 1.30 bits per heavy atom. The van der Waals surface area contributed by atoms with Crippen LogP contribution in [0.15, 0.2) is 47.5 Å². The van der Waals surface area contributed by atoms with E-state index in [1.807, 2.05) is 0 Å². The van der Waals surface area contributed by atoms with Crippen molar-refractivity contribution in [3.05, 3.63) is 59.1 Å². The van der Waals surface area contributed by atoms with Crippen LogP contribution in [-0.4, -0.2) is 16.7 Å². The molecule has 1 heterocycles. The number of pyridine rings is 1. The van der Waals surface area contributed by atoms with Crippen molar-refractivity contribution >= 4 is 29.3 Å². The van der Waals surface area contributed by atoms with Gasteiger partial charge >= 0.3 is 5.97 Å². The van der Waals surface area contributed by atoms with Gasteiger partial charge in [0.05, 0.1) is 5.75 Å². The molecule has 2 aromatic rings. The molecule has 0 bridgehead atoms. The number of thioether (sulfide) groups is 1. The Balaban J connectivity index is 1.78. The lowest BCUT2D eigenvalue weighted by molar-refractivity contribution is -0.141. The van der Waals surface area contributed by atoms with E-state index in [-0.39, 0.29) is 18.2 Å². The average molecular weight is 312 g/mol. The Bertz CT molecular complexity index is 592. The number of carbonyl (C=O) groups is 1. The highest BCUT2D eigenvalue weighted by molar-refractivity contribution is 8.00. The van der Waals surface area contributed by atoms with Crippen molar-refractivity contribution in [3.8, 4) is 0 Å². The van der Waals surface area contributed by atoms with Crippen LogP contribution < -0.4 is 0 Å². The summed E-state index contributed by atoms with van der Waals surface area (Å²) in [5.74, 6) is -0.692. The van der Waals surface area contributed by atoms with Crippen LogP contribution in [0.5, 0.6) is 0 Å². The topological polar surface area (TPSA) is 39.2 Å². The molecule has 0 unspecified atom stereocenters. The minimum atomic E-state index is -0.409. The molecule has 3 nitrogen and oxygen atoms in total. The van der Waals surface area contributed by atoms with Crippen molar-refractivity contribution in [3.63, 3.8) is 0 Å². The van der Waals surface area contributed by atoms with Crippen LogP contribution in [0.25, 0.3) is 0 Å². The van der Waals surface area contributed by atoms with Crippen LogP contribution in [-0.2, 0) is 16.1 Å². The summed E-state index contributed by atoms with van der Waals surface area (Å²) in [6.45, 7) is 0.126. The van der Waals surface area contributed by atoms with Crippen LogP contribution in [0.4, 0.5) is 4.39 Å². The largest absolute Gasteiger partial charge is 0.460 e. The zero-order chi connectivity index (χ0) is 14.4. The summed E-state index contributed by atoms with van der Waals surface area (Å²) in [6, 6.07) is 9.65. The quantitative estimate of drug-likeness (QED) is 0.479. The second-order valence-corrected chi connectivity index (χ2v) is 5.27. The van der Waals surface area contributed by atoms with Gasteiger partial charge < -0.3 is 4.74 Å². The molecule has 0 fully saturated rings. The molecule has 0 saturated carbocycles. The number of nitrogens with zero attached hydrogens (tertiary/aromatic N) is 1. The predicted molar refractivity (Wildman–Crippen MR) is 76.2 cm³/mol.